The van der Waals surface area contributed by atoms with E-state index in [1.54, 1.807) is 0 Å². The zero-order chi connectivity index (χ0) is 15.7. The Balaban J connectivity index is 1.82. The third-order valence-corrected chi connectivity index (χ3v) is 5.21. The molecule has 3 rings (SSSR count). The fraction of sp³-hybridized carbons (Fsp3) is 0.812. The van der Waals surface area contributed by atoms with E-state index in [1.165, 1.54) is 6.42 Å². The monoisotopic (exact) mass is 305 g/mol. The summed E-state index contributed by atoms with van der Waals surface area (Å²) in [6.07, 6.45) is 5.46. The first-order valence-corrected chi connectivity index (χ1v) is 8.54. The van der Waals surface area contributed by atoms with E-state index < -0.39 is 0 Å². The Morgan fingerprint density at radius 3 is 2.41 bits per heavy atom. The standard InChI is InChI=1S/C16H27N5O/c1-11-5-4-6-12(2)20(11)16(22)15-13(3)21(19-18-15)14-7-9-17-10-8-14/h11-12,14,17H,4-10H2,1-3H3. The molecular formula is C16H27N5O. The molecule has 2 atom stereocenters. The molecule has 22 heavy (non-hydrogen) atoms. The first-order valence-electron chi connectivity index (χ1n) is 8.54. The minimum absolute atomic E-state index is 0.0531. The lowest BCUT2D eigenvalue weighted by molar-refractivity contribution is 0.0503. The lowest BCUT2D eigenvalue weighted by Crippen LogP contribution is -2.47. The van der Waals surface area contributed by atoms with Gasteiger partial charge in [0.1, 0.15) is 0 Å². The summed E-state index contributed by atoms with van der Waals surface area (Å²) >= 11 is 0. The molecule has 0 spiro atoms. The van der Waals surface area contributed by atoms with Crippen LogP contribution in [0.5, 0.6) is 0 Å². The highest BCUT2D eigenvalue weighted by molar-refractivity contribution is 5.93. The van der Waals surface area contributed by atoms with Gasteiger partial charge in [-0.3, -0.25) is 4.79 Å². The molecule has 1 aromatic rings. The summed E-state index contributed by atoms with van der Waals surface area (Å²) in [4.78, 5) is 14.9. The van der Waals surface area contributed by atoms with Gasteiger partial charge in [0.05, 0.1) is 11.7 Å². The van der Waals surface area contributed by atoms with Gasteiger partial charge >= 0.3 is 0 Å². The average molecular weight is 305 g/mol. The Bertz CT molecular complexity index is 525. The van der Waals surface area contributed by atoms with Crippen molar-refractivity contribution in [2.45, 2.75) is 71.0 Å². The van der Waals surface area contributed by atoms with Crippen LogP contribution in [0.1, 0.15) is 68.2 Å². The van der Waals surface area contributed by atoms with Crippen LogP contribution in [0.25, 0.3) is 0 Å². The van der Waals surface area contributed by atoms with Crippen molar-refractivity contribution < 1.29 is 4.79 Å². The number of piperidine rings is 2. The van der Waals surface area contributed by atoms with Crippen LogP contribution in [-0.4, -0.2) is 51.0 Å². The topological polar surface area (TPSA) is 63.1 Å². The van der Waals surface area contributed by atoms with Crippen LogP contribution in [-0.2, 0) is 0 Å². The number of nitrogens with one attached hydrogen (secondary N) is 1. The number of carbonyl (C=O) groups is 1. The Hall–Kier alpha value is -1.43. The second kappa shape index (κ2) is 6.36. The maximum atomic E-state index is 12.9. The number of hydrogen-bond acceptors (Lipinski definition) is 4. The Kier molecular flexibility index (Phi) is 4.47. The fourth-order valence-corrected chi connectivity index (χ4v) is 3.88. The van der Waals surface area contributed by atoms with Crippen LogP contribution >= 0.6 is 0 Å². The van der Waals surface area contributed by atoms with E-state index in [-0.39, 0.29) is 5.91 Å². The normalized spacial score (nSPS) is 27.1. The zero-order valence-corrected chi connectivity index (χ0v) is 13.9. The molecular weight excluding hydrogens is 278 g/mol. The van der Waals surface area contributed by atoms with Crippen molar-refractivity contribution in [1.82, 2.24) is 25.2 Å². The van der Waals surface area contributed by atoms with Crippen LogP contribution in [0.15, 0.2) is 0 Å². The summed E-state index contributed by atoms with van der Waals surface area (Å²) in [6.45, 7) is 8.27. The van der Waals surface area contributed by atoms with Crippen LogP contribution < -0.4 is 5.32 Å². The maximum absolute atomic E-state index is 12.9. The molecule has 2 aliphatic rings. The molecule has 1 amide bonds. The summed E-state index contributed by atoms with van der Waals surface area (Å²) < 4.78 is 1.97. The minimum atomic E-state index is 0.0531. The minimum Gasteiger partial charge on any atom is -0.332 e. The van der Waals surface area contributed by atoms with E-state index in [0.29, 0.717) is 23.8 Å². The van der Waals surface area contributed by atoms with Crippen LogP contribution in [0.2, 0.25) is 0 Å². The van der Waals surface area contributed by atoms with Gasteiger partial charge in [0.2, 0.25) is 0 Å². The molecule has 2 saturated heterocycles. The summed E-state index contributed by atoms with van der Waals surface area (Å²) in [7, 11) is 0. The second-order valence-corrected chi connectivity index (χ2v) is 6.79. The van der Waals surface area contributed by atoms with Crippen molar-refractivity contribution in [3.05, 3.63) is 11.4 Å². The van der Waals surface area contributed by atoms with Gasteiger partial charge in [-0.05, 0) is 66.0 Å². The molecule has 0 aliphatic carbocycles. The van der Waals surface area contributed by atoms with E-state index in [0.717, 1.165) is 44.5 Å². The highest BCUT2D eigenvalue weighted by Gasteiger charge is 2.33. The van der Waals surface area contributed by atoms with Gasteiger partial charge in [0, 0.05) is 12.1 Å². The quantitative estimate of drug-likeness (QED) is 0.906. The van der Waals surface area contributed by atoms with Crippen LogP contribution in [0.3, 0.4) is 0 Å². The molecule has 122 valence electrons. The average Bonchev–Trinajstić information content (AvgIpc) is 2.89. The number of aromatic nitrogens is 3. The molecule has 3 heterocycles. The molecule has 0 bridgehead atoms. The number of likely N-dealkylation sites (tertiary alicyclic amines) is 1. The highest BCUT2D eigenvalue weighted by atomic mass is 16.2. The molecule has 1 aromatic heterocycles. The predicted molar refractivity (Wildman–Crippen MR) is 84.8 cm³/mol. The Morgan fingerprint density at radius 2 is 1.77 bits per heavy atom. The highest BCUT2D eigenvalue weighted by Crippen LogP contribution is 2.26. The van der Waals surface area contributed by atoms with Crippen molar-refractivity contribution in [1.29, 1.82) is 0 Å². The molecule has 2 aliphatic heterocycles. The Labute approximate surface area is 132 Å². The first-order chi connectivity index (χ1) is 10.6. The molecule has 0 aromatic carbocycles. The molecule has 6 nitrogen and oxygen atoms in total. The smallest absolute Gasteiger partial charge is 0.276 e. The summed E-state index contributed by atoms with van der Waals surface area (Å²) in [5.41, 5.74) is 1.46. The van der Waals surface area contributed by atoms with Crippen molar-refractivity contribution >= 4 is 5.91 Å². The van der Waals surface area contributed by atoms with Gasteiger partial charge in [-0.1, -0.05) is 5.21 Å². The third kappa shape index (κ3) is 2.76. The molecule has 0 saturated carbocycles. The van der Waals surface area contributed by atoms with Crippen molar-refractivity contribution in [3.63, 3.8) is 0 Å². The van der Waals surface area contributed by atoms with Crippen molar-refractivity contribution in [2.24, 2.45) is 0 Å². The maximum Gasteiger partial charge on any atom is 0.276 e. The van der Waals surface area contributed by atoms with Gasteiger partial charge < -0.3 is 10.2 Å². The number of carbonyl (C=O) groups excluding carboxylic acids is 1. The third-order valence-electron chi connectivity index (χ3n) is 5.21. The van der Waals surface area contributed by atoms with E-state index >= 15 is 0 Å². The van der Waals surface area contributed by atoms with Gasteiger partial charge in [-0.2, -0.15) is 0 Å². The number of amides is 1. The number of nitrogens with zero attached hydrogens (tertiary/aromatic N) is 4. The largest absolute Gasteiger partial charge is 0.332 e. The van der Waals surface area contributed by atoms with E-state index in [4.69, 9.17) is 0 Å². The van der Waals surface area contributed by atoms with Crippen molar-refractivity contribution in [3.8, 4) is 0 Å². The van der Waals surface area contributed by atoms with Gasteiger partial charge in [-0.15, -0.1) is 5.10 Å². The van der Waals surface area contributed by atoms with E-state index in [9.17, 15) is 4.79 Å². The lowest BCUT2D eigenvalue weighted by Gasteiger charge is -2.38. The van der Waals surface area contributed by atoms with Gasteiger partial charge in [0.25, 0.3) is 5.91 Å². The lowest BCUT2D eigenvalue weighted by atomic mass is 9.97. The number of rotatable bonds is 2. The predicted octanol–water partition coefficient (Wildman–Crippen LogP) is 1.91. The SMILES string of the molecule is Cc1c(C(=O)N2C(C)CCCC2C)nnn1C1CCNCC1. The summed E-state index contributed by atoms with van der Waals surface area (Å²) in [5.74, 6) is 0.0531. The van der Waals surface area contributed by atoms with Gasteiger partial charge in [0.15, 0.2) is 5.69 Å². The molecule has 2 fully saturated rings. The molecule has 1 N–H and O–H groups in total. The summed E-state index contributed by atoms with van der Waals surface area (Å²) in [6, 6.07) is 0.950. The van der Waals surface area contributed by atoms with Crippen LogP contribution in [0.4, 0.5) is 0 Å². The zero-order valence-electron chi connectivity index (χ0n) is 13.9. The van der Waals surface area contributed by atoms with E-state index in [2.05, 4.69) is 29.5 Å². The van der Waals surface area contributed by atoms with Gasteiger partial charge in [-0.25, -0.2) is 4.68 Å². The molecule has 6 heteroatoms. The van der Waals surface area contributed by atoms with Crippen LogP contribution in [0, 0.1) is 6.92 Å². The Morgan fingerprint density at radius 1 is 1.14 bits per heavy atom. The van der Waals surface area contributed by atoms with Crippen molar-refractivity contribution in [2.75, 3.05) is 13.1 Å². The second-order valence-electron chi connectivity index (χ2n) is 6.79. The van der Waals surface area contributed by atoms with E-state index in [1.807, 2.05) is 16.5 Å². The molecule has 0 radical (unpaired) electrons. The first kappa shape index (κ1) is 15.5. The number of hydrogen-bond donors (Lipinski definition) is 1. The fourth-order valence-electron chi connectivity index (χ4n) is 3.88. The molecule has 2 unspecified atom stereocenters. The summed E-state index contributed by atoms with van der Waals surface area (Å²) in [5, 5.41) is 11.9.